The van der Waals surface area contributed by atoms with Gasteiger partial charge in [0.05, 0.1) is 5.52 Å². The van der Waals surface area contributed by atoms with Crippen molar-refractivity contribution >= 4 is 28.3 Å². The number of carbonyl (C=O) groups is 1. The van der Waals surface area contributed by atoms with Crippen LogP contribution in [0.5, 0.6) is 5.75 Å². The highest BCUT2D eigenvalue weighted by Gasteiger charge is 2.10. The molecule has 0 bridgehead atoms. The smallest absolute Gasteiger partial charge is 0.223 e. The lowest BCUT2D eigenvalue weighted by molar-refractivity contribution is 0.101. The zero-order valence-electron chi connectivity index (χ0n) is 7.86. The van der Waals surface area contributed by atoms with E-state index in [2.05, 4.69) is 9.97 Å². The molecule has 1 aromatic carbocycles. The zero-order valence-corrected chi connectivity index (χ0v) is 8.62. The highest BCUT2D eigenvalue weighted by Crippen LogP contribution is 2.22. The minimum atomic E-state index is -0.185. The van der Waals surface area contributed by atoms with Gasteiger partial charge in [-0.1, -0.05) is 0 Å². The normalized spacial score (nSPS) is 10.5. The van der Waals surface area contributed by atoms with Crippen LogP contribution in [-0.4, -0.2) is 20.9 Å². The first-order valence-corrected chi connectivity index (χ1v) is 4.63. The molecule has 0 saturated heterocycles. The summed E-state index contributed by atoms with van der Waals surface area (Å²) in [7, 11) is 0. The number of phenolic OH excluding ortho intramolecular Hbond substituents is 1. The van der Waals surface area contributed by atoms with Crippen molar-refractivity contribution in [2.75, 3.05) is 0 Å². The number of Topliss-reactive ketones (excluding diaryl/α,β-unsaturated/α-hetero) is 1. The van der Waals surface area contributed by atoms with Gasteiger partial charge in [0.25, 0.3) is 0 Å². The number of hydrogen-bond donors (Lipinski definition) is 1. The van der Waals surface area contributed by atoms with Crippen molar-refractivity contribution in [1.82, 2.24) is 9.97 Å². The summed E-state index contributed by atoms with van der Waals surface area (Å²) in [6.45, 7) is 1.41. The van der Waals surface area contributed by atoms with Gasteiger partial charge in [-0.15, -0.1) is 0 Å². The maximum Gasteiger partial charge on any atom is 0.223 e. The van der Waals surface area contributed by atoms with Crippen LogP contribution in [0.1, 0.15) is 17.4 Å². The summed E-state index contributed by atoms with van der Waals surface area (Å²) in [5.41, 5.74) is 0.727. The second-order valence-electron chi connectivity index (χ2n) is 3.10. The minimum absolute atomic E-state index is 0.00157. The van der Waals surface area contributed by atoms with E-state index in [1.807, 2.05) is 0 Å². The second kappa shape index (κ2) is 3.47. The number of hydrogen-bond acceptors (Lipinski definition) is 4. The third-order valence-corrected chi connectivity index (χ3v) is 2.16. The van der Waals surface area contributed by atoms with E-state index < -0.39 is 0 Å². The van der Waals surface area contributed by atoms with Crippen LogP contribution in [0.3, 0.4) is 0 Å². The highest BCUT2D eigenvalue weighted by atomic mass is 35.5. The fourth-order valence-corrected chi connectivity index (χ4v) is 1.53. The molecule has 0 radical (unpaired) electrons. The molecular formula is C10H7ClN2O2. The molecule has 1 heterocycles. The number of halogens is 1. The Morgan fingerprint density at radius 3 is 2.80 bits per heavy atom. The molecule has 0 atom stereocenters. The fraction of sp³-hybridized carbons (Fsp3) is 0.100. The number of fused-ring (bicyclic) bond motifs is 1. The number of rotatable bonds is 1. The molecule has 0 fully saturated rings. The minimum Gasteiger partial charge on any atom is -0.508 e. The van der Waals surface area contributed by atoms with Gasteiger partial charge in [0.1, 0.15) is 11.4 Å². The maximum absolute atomic E-state index is 11.3. The Morgan fingerprint density at radius 1 is 1.40 bits per heavy atom. The van der Waals surface area contributed by atoms with Crippen molar-refractivity contribution in [3.8, 4) is 5.75 Å². The lowest BCUT2D eigenvalue weighted by atomic mass is 10.1. The van der Waals surface area contributed by atoms with Crippen LogP contribution in [0.15, 0.2) is 18.2 Å². The number of ketones is 1. The van der Waals surface area contributed by atoms with E-state index in [1.54, 1.807) is 6.07 Å². The first-order valence-electron chi connectivity index (χ1n) is 4.25. The first-order chi connectivity index (χ1) is 7.08. The molecule has 0 aliphatic heterocycles. The van der Waals surface area contributed by atoms with E-state index in [-0.39, 0.29) is 22.5 Å². The van der Waals surface area contributed by atoms with E-state index in [9.17, 15) is 9.90 Å². The molecule has 1 aromatic heterocycles. The van der Waals surface area contributed by atoms with Gasteiger partial charge >= 0.3 is 0 Å². The van der Waals surface area contributed by atoms with E-state index in [0.29, 0.717) is 10.9 Å². The van der Waals surface area contributed by atoms with Gasteiger partial charge in [0.15, 0.2) is 5.78 Å². The molecule has 5 heteroatoms. The lowest BCUT2D eigenvalue weighted by Crippen LogP contribution is -2.00. The Labute approximate surface area is 90.5 Å². The SMILES string of the molecule is CC(=O)c1nc(Cl)nc2cc(O)ccc12. The van der Waals surface area contributed by atoms with E-state index >= 15 is 0 Å². The van der Waals surface area contributed by atoms with Crippen LogP contribution in [0.25, 0.3) is 10.9 Å². The molecule has 4 nitrogen and oxygen atoms in total. The molecule has 0 spiro atoms. The van der Waals surface area contributed by atoms with Gasteiger partial charge in [0.2, 0.25) is 5.28 Å². The molecule has 0 aliphatic rings. The number of aromatic nitrogens is 2. The van der Waals surface area contributed by atoms with Gasteiger partial charge in [-0.05, 0) is 23.7 Å². The Bertz CT molecular complexity index is 549. The monoisotopic (exact) mass is 222 g/mol. The van der Waals surface area contributed by atoms with Crippen LogP contribution < -0.4 is 0 Å². The molecule has 0 unspecified atom stereocenters. The Morgan fingerprint density at radius 2 is 2.13 bits per heavy atom. The van der Waals surface area contributed by atoms with Gasteiger partial charge in [-0.25, -0.2) is 9.97 Å². The molecule has 0 aliphatic carbocycles. The lowest BCUT2D eigenvalue weighted by Gasteiger charge is -2.02. The standard InChI is InChI=1S/C10H7ClN2O2/c1-5(14)9-7-3-2-6(15)4-8(7)12-10(11)13-9/h2-4,15H,1H3. The summed E-state index contributed by atoms with van der Waals surface area (Å²) in [6, 6.07) is 4.51. The molecule has 15 heavy (non-hydrogen) atoms. The highest BCUT2D eigenvalue weighted by molar-refractivity contribution is 6.29. The Balaban J connectivity index is 2.86. The van der Waals surface area contributed by atoms with Gasteiger partial charge in [0, 0.05) is 18.4 Å². The van der Waals surface area contributed by atoms with Crippen molar-refractivity contribution in [2.45, 2.75) is 6.92 Å². The van der Waals surface area contributed by atoms with Gasteiger partial charge in [-0.2, -0.15) is 0 Å². The van der Waals surface area contributed by atoms with Crippen LogP contribution in [0.4, 0.5) is 0 Å². The summed E-state index contributed by atoms with van der Waals surface area (Å²) in [6.07, 6.45) is 0. The Kier molecular flexibility index (Phi) is 2.28. The van der Waals surface area contributed by atoms with Crippen LogP contribution in [-0.2, 0) is 0 Å². The van der Waals surface area contributed by atoms with E-state index in [1.165, 1.54) is 19.1 Å². The third-order valence-electron chi connectivity index (χ3n) is 1.99. The van der Waals surface area contributed by atoms with Crippen molar-refractivity contribution in [3.05, 3.63) is 29.2 Å². The fourth-order valence-electron chi connectivity index (χ4n) is 1.36. The van der Waals surface area contributed by atoms with Crippen LogP contribution in [0, 0.1) is 0 Å². The van der Waals surface area contributed by atoms with Gasteiger partial charge in [-0.3, -0.25) is 4.79 Å². The van der Waals surface area contributed by atoms with Crippen molar-refractivity contribution < 1.29 is 9.90 Å². The third kappa shape index (κ3) is 1.76. The first kappa shape index (κ1) is 9.86. The number of benzene rings is 1. The molecule has 0 amide bonds. The van der Waals surface area contributed by atoms with Gasteiger partial charge < -0.3 is 5.11 Å². The van der Waals surface area contributed by atoms with Crippen molar-refractivity contribution in [1.29, 1.82) is 0 Å². The zero-order chi connectivity index (χ0) is 11.0. The van der Waals surface area contributed by atoms with Crippen LogP contribution >= 0.6 is 11.6 Å². The quantitative estimate of drug-likeness (QED) is 0.594. The summed E-state index contributed by atoms with van der Waals surface area (Å²) < 4.78 is 0. The number of aromatic hydroxyl groups is 1. The predicted molar refractivity (Wildman–Crippen MR) is 56.2 cm³/mol. The predicted octanol–water partition coefficient (Wildman–Crippen LogP) is 2.19. The Hall–Kier alpha value is -1.68. The largest absolute Gasteiger partial charge is 0.508 e. The summed E-state index contributed by atoms with van der Waals surface area (Å²) >= 11 is 5.66. The topological polar surface area (TPSA) is 63.1 Å². The number of carbonyl (C=O) groups excluding carboxylic acids is 1. The second-order valence-corrected chi connectivity index (χ2v) is 3.44. The molecule has 1 N–H and O–H groups in total. The molecule has 2 aromatic rings. The average Bonchev–Trinajstić information content (AvgIpc) is 2.15. The molecule has 0 saturated carbocycles. The number of nitrogens with zero attached hydrogens (tertiary/aromatic N) is 2. The molecular weight excluding hydrogens is 216 g/mol. The van der Waals surface area contributed by atoms with Crippen LogP contribution in [0.2, 0.25) is 5.28 Å². The molecule has 2 rings (SSSR count). The molecule has 76 valence electrons. The maximum atomic E-state index is 11.3. The summed E-state index contributed by atoms with van der Waals surface area (Å²) in [5.74, 6) is -0.109. The van der Waals surface area contributed by atoms with Crippen molar-refractivity contribution in [2.24, 2.45) is 0 Å². The summed E-state index contributed by atoms with van der Waals surface area (Å²) in [4.78, 5) is 19.1. The van der Waals surface area contributed by atoms with Crippen molar-refractivity contribution in [3.63, 3.8) is 0 Å². The van der Waals surface area contributed by atoms with E-state index in [0.717, 1.165) is 0 Å². The summed E-state index contributed by atoms with van der Waals surface area (Å²) in [5, 5.41) is 9.85. The average molecular weight is 223 g/mol. The number of phenols is 1. The van der Waals surface area contributed by atoms with E-state index in [4.69, 9.17) is 11.6 Å².